The molecule has 0 spiro atoms. The summed E-state index contributed by atoms with van der Waals surface area (Å²) < 4.78 is 308. The zero-order chi connectivity index (χ0) is 35.7. The summed E-state index contributed by atoms with van der Waals surface area (Å²) in [5.41, 5.74) is 0. The molecule has 26 heteroatoms. The maximum Gasteiger partial charge on any atom is 0.540 e. The van der Waals surface area contributed by atoms with Crippen LogP contribution in [0.25, 0.3) is 0 Å². The summed E-state index contributed by atoms with van der Waals surface area (Å²) in [6.07, 6.45) is -10.9. The van der Waals surface area contributed by atoms with E-state index in [0.717, 1.165) is 0 Å². The Morgan fingerprint density at radius 1 is 0.455 bits per heavy atom. The molecule has 1 atom stereocenters. The predicted molar refractivity (Wildman–Crippen MR) is 99.9 cm³/mol. The Labute approximate surface area is 232 Å². The third kappa shape index (κ3) is 4.68. The van der Waals surface area contributed by atoms with Gasteiger partial charge in [0.1, 0.15) is 0 Å². The molecule has 1 fully saturated rings. The third-order valence-electron chi connectivity index (χ3n) is 6.59. The Morgan fingerprint density at radius 3 is 1.00 bits per heavy atom. The van der Waals surface area contributed by atoms with Crippen molar-refractivity contribution < 1.29 is 110 Å². The average molecular weight is 724 g/mol. The molecule has 1 unspecified atom stereocenters. The van der Waals surface area contributed by atoms with Crippen molar-refractivity contribution in [3.63, 3.8) is 0 Å². The van der Waals surface area contributed by atoms with E-state index in [0.29, 0.717) is 21.3 Å². The smallest absolute Gasteiger partial charge is 0.375 e. The molecule has 0 radical (unpaired) electrons. The lowest BCUT2D eigenvalue weighted by Gasteiger charge is -2.52. The van der Waals surface area contributed by atoms with Gasteiger partial charge in [0.15, 0.2) is 0 Å². The van der Waals surface area contributed by atoms with E-state index in [1.165, 1.54) is 0 Å². The average Bonchev–Trinajstić information content (AvgIpc) is 2.88. The largest absolute Gasteiger partial charge is 0.540 e. The van der Waals surface area contributed by atoms with E-state index in [1.807, 2.05) is 0 Å². The number of hydrogen-bond acceptors (Lipinski definition) is 4. The molecule has 0 aromatic heterocycles. The molecule has 44 heavy (non-hydrogen) atoms. The summed E-state index contributed by atoms with van der Waals surface area (Å²) in [5, 5.41) is -4.50. The fourth-order valence-corrected chi connectivity index (χ4v) is 6.82. The molecule has 1 aliphatic heterocycles. The summed E-state index contributed by atoms with van der Waals surface area (Å²) in [6.45, 7) is -1.17. The van der Waals surface area contributed by atoms with Crippen molar-refractivity contribution in [1.82, 2.24) is 0 Å². The highest BCUT2D eigenvalue weighted by atomic mass is 28.4. The predicted octanol–water partition coefficient (Wildman–Crippen LogP) is 7.62. The second kappa shape index (κ2) is 11.1. The van der Waals surface area contributed by atoms with Gasteiger partial charge in [-0.2, -0.15) is 92.2 Å². The summed E-state index contributed by atoms with van der Waals surface area (Å²) in [6, 6.07) is 0. The Hall–Kier alpha value is -1.41. The van der Waals surface area contributed by atoms with E-state index in [1.54, 1.807) is 0 Å². The molecule has 1 aliphatic rings. The summed E-state index contributed by atoms with van der Waals surface area (Å²) in [4.78, 5) is 0. The number of rotatable bonds is 13. The van der Waals surface area contributed by atoms with Crippen molar-refractivity contribution in [3.05, 3.63) is 0 Å². The second-order valence-corrected chi connectivity index (χ2v) is 12.1. The van der Waals surface area contributed by atoms with Crippen molar-refractivity contribution in [2.24, 2.45) is 0 Å². The molecular weight excluding hydrogens is 707 g/mol. The fraction of sp³-hybridized carbons (Fsp3) is 1.00. The van der Waals surface area contributed by atoms with Crippen LogP contribution in [0.4, 0.5) is 92.2 Å². The van der Waals surface area contributed by atoms with E-state index >= 15 is 8.78 Å². The molecule has 1 saturated heterocycles. The van der Waals surface area contributed by atoms with Crippen LogP contribution in [0, 0.1) is 0 Å². The first-order chi connectivity index (χ1) is 19.1. The quantitative estimate of drug-likeness (QED) is 0.145. The van der Waals surface area contributed by atoms with E-state index in [2.05, 4.69) is 18.0 Å². The fourth-order valence-electron chi connectivity index (χ4n) is 4.03. The van der Waals surface area contributed by atoms with Crippen LogP contribution in [-0.4, -0.2) is 101 Å². The van der Waals surface area contributed by atoms with Crippen LogP contribution in [0.5, 0.6) is 0 Å². The number of hydrogen-bond donors (Lipinski definition) is 0. The van der Waals surface area contributed by atoms with Crippen molar-refractivity contribution in [2.45, 2.75) is 84.0 Å². The molecule has 0 bridgehead atoms. The van der Waals surface area contributed by atoms with Gasteiger partial charge in [-0.1, -0.05) is 0 Å². The molecule has 1 heterocycles. The SMILES string of the molecule is CO[Si](OC)(OC)C1(C(F)(F)C(F)(F)C(F)(F)C(F)(F)C(F)(F)C(F)(F)C(F)(F)C(F)(F)C(F)(F)C(F)(F)F)CCCCO1. The minimum atomic E-state index is -9.25. The molecular formula is C18H17F21O4Si. The molecule has 264 valence electrons. The van der Waals surface area contributed by atoms with Crippen LogP contribution in [-0.2, 0) is 18.0 Å². The van der Waals surface area contributed by atoms with E-state index in [9.17, 15) is 83.4 Å². The van der Waals surface area contributed by atoms with Crippen LogP contribution in [0.1, 0.15) is 19.3 Å². The lowest BCUT2D eigenvalue weighted by Crippen LogP contribution is -2.82. The monoisotopic (exact) mass is 724 g/mol. The standard InChI is InChI=1S/C18H17F21O4Si/c1-40-44(41-2,42-3)8(6-4-5-7-43-8)9(19,20)10(21,22)11(23,24)12(25,26)13(27,28)14(29,30)15(31,32)16(33,34)17(35,36)18(37,38)39/h4-7H2,1-3H3. The van der Waals surface area contributed by atoms with Gasteiger partial charge >= 0.3 is 68.3 Å². The van der Waals surface area contributed by atoms with Gasteiger partial charge in [0.05, 0.1) is 0 Å². The lowest BCUT2D eigenvalue weighted by molar-refractivity contribution is -0.477. The first kappa shape index (κ1) is 40.6. The highest BCUT2D eigenvalue weighted by molar-refractivity contribution is 6.64. The van der Waals surface area contributed by atoms with Gasteiger partial charge in [-0.05, 0) is 19.3 Å². The van der Waals surface area contributed by atoms with Crippen molar-refractivity contribution >= 4 is 8.80 Å². The Kier molecular flexibility index (Phi) is 10.2. The van der Waals surface area contributed by atoms with Gasteiger partial charge in [-0.25, -0.2) is 0 Å². The first-order valence-corrected chi connectivity index (χ1v) is 12.6. The molecule has 0 saturated carbocycles. The molecule has 0 aromatic carbocycles. The maximum atomic E-state index is 15.4. The van der Waals surface area contributed by atoms with Gasteiger partial charge in [0.25, 0.3) is 0 Å². The number of ether oxygens (including phenoxy) is 1. The highest BCUT2D eigenvalue weighted by Crippen LogP contribution is 2.67. The Morgan fingerprint density at radius 2 is 0.750 bits per heavy atom. The molecule has 0 aromatic rings. The summed E-state index contributed by atoms with van der Waals surface area (Å²) in [7, 11) is -4.86. The molecule has 0 N–H and O–H groups in total. The minimum Gasteiger partial charge on any atom is -0.375 e. The minimum absolute atomic E-state index is 0.313. The van der Waals surface area contributed by atoms with Crippen LogP contribution in [0.2, 0.25) is 0 Å². The molecule has 0 aliphatic carbocycles. The number of halogens is 21. The van der Waals surface area contributed by atoms with Crippen LogP contribution >= 0.6 is 0 Å². The van der Waals surface area contributed by atoms with Crippen LogP contribution < -0.4 is 0 Å². The zero-order valence-corrected chi connectivity index (χ0v) is 22.4. The maximum absolute atomic E-state index is 15.4. The first-order valence-electron chi connectivity index (χ1n) is 10.9. The Bertz CT molecular complexity index is 1010. The Balaban J connectivity index is 4.01. The molecule has 1 rings (SSSR count). The van der Waals surface area contributed by atoms with Crippen molar-refractivity contribution in [1.29, 1.82) is 0 Å². The zero-order valence-electron chi connectivity index (χ0n) is 21.4. The van der Waals surface area contributed by atoms with E-state index < -0.39 is 93.0 Å². The van der Waals surface area contributed by atoms with Gasteiger partial charge in [0, 0.05) is 27.9 Å². The van der Waals surface area contributed by atoms with Crippen molar-refractivity contribution in [2.75, 3.05) is 27.9 Å². The highest BCUT2D eigenvalue weighted by Gasteiger charge is 2.99. The second-order valence-electron chi connectivity index (χ2n) is 8.97. The number of alkyl halides is 21. The van der Waals surface area contributed by atoms with Crippen molar-refractivity contribution in [3.8, 4) is 0 Å². The van der Waals surface area contributed by atoms with Gasteiger partial charge < -0.3 is 18.0 Å². The van der Waals surface area contributed by atoms with E-state index in [4.69, 9.17) is 0 Å². The summed E-state index contributed by atoms with van der Waals surface area (Å²) in [5.74, 6) is -78.3. The lowest BCUT2D eigenvalue weighted by atomic mass is 9.84. The van der Waals surface area contributed by atoms with Gasteiger partial charge in [-0.3, -0.25) is 0 Å². The molecule has 0 amide bonds. The van der Waals surface area contributed by atoms with Crippen LogP contribution in [0.15, 0.2) is 0 Å². The topological polar surface area (TPSA) is 36.9 Å². The normalized spacial score (nSPS) is 21.5. The van der Waals surface area contributed by atoms with Gasteiger partial charge in [-0.15, -0.1) is 0 Å². The third-order valence-corrected chi connectivity index (χ3v) is 9.90. The van der Waals surface area contributed by atoms with Crippen LogP contribution in [0.3, 0.4) is 0 Å². The summed E-state index contributed by atoms with van der Waals surface area (Å²) >= 11 is 0. The van der Waals surface area contributed by atoms with Gasteiger partial charge in [0.2, 0.25) is 5.22 Å². The molecule has 4 nitrogen and oxygen atoms in total. The van der Waals surface area contributed by atoms with E-state index in [-0.39, 0.29) is 6.42 Å².